The molecule has 0 saturated carbocycles. The molecule has 0 heterocycles. The number of imide groups is 1. The van der Waals surface area contributed by atoms with Gasteiger partial charge in [-0.25, -0.2) is 14.4 Å². The highest BCUT2D eigenvalue weighted by Gasteiger charge is 2.41. The molecule has 0 bridgehead atoms. The standard InChI is InChI=1S/C21H29NO7/c1-20(2,3)28-18(25)22(19(26)29-21(4,5)6)16(12-13-23)17(24)27-14-15-10-8-7-9-11-15/h7-11,13,16H,12,14H2,1-6H3/t16-/m0/s1. The van der Waals surface area contributed by atoms with Crippen LogP contribution in [-0.2, 0) is 30.4 Å². The molecule has 0 aromatic heterocycles. The summed E-state index contributed by atoms with van der Waals surface area (Å²) in [6.07, 6.45) is -2.23. The first-order chi connectivity index (χ1) is 13.3. The van der Waals surface area contributed by atoms with Gasteiger partial charge in [0.25, 0.3) is 0 Å². The van der Waals surface area contributed by atoms with Gasteiger partial charge in [-0.05, 0) is 47.1 Å². The van der Waals surface area contributed by atoms with Crippen molar-refractivity contribution in [2.75, 3.05) is 0 Å². The summed E-state index contributed by atoms with van der Waals surface area (Å²) in [7, 11) is 0. The molecule has 0 aliphatic carbocycles. The molecule has 2 amide bonds. The average Bonchev–Trinajstić information content (AvgIpc) is 2.57. The van der Waals surface area contributed by atoms with E-state index in [0.717, 1.165) is 0 Å². The fraction of sp³-hybridized carbons (Fsp3) is 0.524. The number of nitrogens with zero attached hydrogens (tertiary/aromatic N) is 1. The maximum atomic E-state index is 12.7. The Morgan fingerprint density at radius 2 is 1.41 bits per heavy atom. The van der Waals surface area contributed by atoms with E-state index in [1.54, 1.807) is 65.8 Å². The van der Waals surface area contributed by atoms with Gasteiger partial charge in [0.05, 0.1) is 0 Å². The third-order valence-corrected chi connectivity index (χ3v) is 3.31. The second-order valence-electron chi connectivity index (χ2n) is 8.34. The van der Waals surface area contributed by atoms with Crippen LogP contribution >= 0.6 is 0 Å². The third kappa shape index (κ3) is 8.76. The van der Waals surface area contributed by atoms with Gasteiger partial charge >= 0.3 is 18.2 Å². The Morgan fingerprint density at radius 1 is 0.931 bits per heavy atom. The minimum atomic E-state index is -1.51. The van der Waals surface area contributed by atoms with Crippen LogP contribution in [-0.4, -0.2) is 46.6 Å². The Morgan fingerprint density at radius 3 is 1.83 bits per heavy atom. The molecule has 8 nitrogen and oxygen atoms in total. The van der Waals surface area contributed by atoms with Gasteiger partial charge in [-0.2, -0.15) is 4.90 Å². The van der Waals surface area contributed by atoms with Gasteiger partial charge in [0.1, 0.15) is 24.1 Å². The molecular weight excluding hydrogens is 378 g/mol. The number of hydrogen-bond donors (Lipinski definition) is 0. The first-order valence-corrected chi connectivity index (χ1v) is 9.23. The molecule has 160 valence electrons. The number of hydrogen-bond acceptors (Lipinski definition) is 7. The molecule has 1 aromatic rings. The van der Waals surface area contributed by atoms with Crippen molar-refractivity contribution in [1.29, 1.82) is 0 Å². The summed E-state index contributed by atoms with van der Waals surface area (Å²) >= 11 is 0. The van der Waals surface area contributed by atoms with Crippen LogP contribution in [0.1, 0.15) is 53.5 Å². The van der Waals surface area contributed by atoms with Crippen LogP contribution in [0.15, 0.2) is 30.3 Å². The number of esters is 1. The minimum absolute atomic E-state index is 0.0779. The van der Waals surface area contributed by atoms with Gasteiger partial charge in [-0.1, -0.05) is 30.3 Å². The van der Waals surface area contributed by atoms with Crippen molar-refractivity contribution in [3.8, 4) is 0 Å². The zero-order valence-corrected chi connectivity index (χ0v) is 17.8. The quantitative estimate of drug-likeness (QED) is 0.401. The number of benzene rings is 1. The lowest BCUT2D eigenvalue weighted by Gasteiger charge is -2.31. The molecule has 0 aliphatic heterocycles. The smallest absolute Gasteiger partial charge is 0.420 e. The lowest BCUT2D eigenvalue weighted by Crippen LogP contribution is -2.52. The van der Waals surface area contributed by atoms with Crippen molar-refractivity contribution in [1.82, 2.24) is 4.90 Å². The van der Waals surface area contributed by atoms with Crippen LogP contribution in [0.5, 0.6) is 0 Å². The van der Waals surface area contributed by atoms with Crippen LogP contribution in [0.4, 0.5) is 9.59 Å². The van der Waals surface area contributed by atoms with Gasteiger partial charge in [0.2, 0.25) is 0 Å². The second-order valence-corrected chi connectivity index (χ2v) is 8.34. The second kappa shape index (κ2) is 10.0. The number of ether oxygens (including phenoxy) is 3. The number of carbonyl (C=O) groups is 4. The number of carbonyl (C=O) groups excluding carboxylic acids is 4. The fourth-order valence-electron chi connectivity index (χ4n) is 2.17. The number of rotatable bonds is 6. The molecular formula is C21H29NO7. The highest BCUT2D eigenvalue weighted by Crippen LogP contribution is 2.19. The molecule has 0 N–H and O–H groups in total. The third-order valence-electron chi connectivity index (χ3n) is 3.31. The van der Waals surface area contributed by atoms with E-state index in [9.17, 15) is 19.2 Å². The highest BCUT2D eigenvalue weighted by molar-refractivity contribution is 5.95. The van der Waals surface area contributed by atoms with Crippen LogP contribution < -0.4 is 0 Å². The van der Waals surface area contributed by atoms with Gasteiger partial charge in [-0.15, -0.1) is 0 Å². The predicted octanol–water partition coefficient (Wildman–Crippen LogP) is 3.86. The molecule has 1 atom stereocenters. The first kappa shape index (κ1) is 24.1. The first-order valence-electron chi connectivity index (χ1n) is 9.23. The summed E-state index contributed by atoms with van der Waals surface area (Å²) in [6, 6.07) is 7.36. The summed E-state index contributed by atoms with van der Waals surface area (Å²) in [6.45, 7) is 9.59. The molecule has 1 rings (SSSR count). The summed E-state index contributed by atoms with van der Waals surface area (Å²) in [5.74, 6) is -0.919. The molecule has 0 spiro atoms. The van der Waals surface area contributed by atoms with Gasteiger partial charge in [0, 0.05) is 6.42 Å². The van der Waals surface area contributed by atoms with Crippen LogP contribution in [0.2, 0.25) is 0 Å². The minimum Gasteiger partial charge on any atom is -0.459 e. The van der Waals surface area contributed by atoms with Gasteiger partial charge in [-0.3, -0.25) is 0 Å². The van der Waals surface area contributed by atoms with Gasteiger partial charge in [0.15, 0.2) is 6.04 Å². The Labute approximate surface area is 171 Å². The number of aldehydes is 1. The van der Waals surface area contributed by atoms with E-state index < -0.39 is 41.8 Å². The lowest BCUT2D eigenvalue weighted by molar-refractivity contribution is -0.151. The normalized spacial score (nSPS) is 12.5. The maximum Gasteiger partial charge on any atom is 0.420 e. The zero-order valence-electron chi connectivity index (χ0n) is 17.8. The fourth-order valence-corrected chi connectivity index (χ4v) is 2.17. The van der Waals surface area contributed by atoms with Gasteiger partial charge < -0.3 is 19.0 Å². The Bertz CT molecular complexity index is 689. The van der Waals surface area contributed by atoms with Crippen molar-refractivity contribution in [2.45, 2.75) is 71.8 Å². The van der Waals surface area contributed by atoms with Crippen LogP contribution in [0, 0.1) is 0 Å². The molecule has 8 heteroatoms. The van der Waals surface area contributed by atoms with E-state index in [-0.39, 0.29) is 6.61 Å². The molecule has 0 aliphatic rings. The Balaban J connectivity index is 3.12. The van der Waals surface area contributed by atoms with Crippen molar-refractivity contribution in [2.24, 2.45) is 0 Å². The molecule has 1 aromatic carbocycles. The van der Waals surface area contributed by atoms with E-state index in [1.807, 2.05) is 6.07 Å². The lowest BCUT2D eigenvalue weighted by atomic mass is 10.2. The molecule has 0 fully saturated rings. The zero-order chi connectivity index (χ0) is 22.2. The van der Waals surface area contributed by atoms with Crippen molar-refractivity contribution in [3.63, 3.8) is 0 Å². The summed E-state index contributed by atoms with van der Waals surface area (Å²) in [4.78, 5) is 49.6. The van der Waals surface area contributed by atoms with E-state index in [0.29, 0.717) is 16.7 Å². The van der Waals surface area contributed by atoms with Crippen LogP contribution in [0.3, 0.4) is 0 Å². The van der Waals surface area contributed by atoms with Crippen molar-refractivity contribution < 1.29 is 33.4 Å². The Hall–Kier alpha value is -2.90. The van der Waals surface area contributed by atoms with E-state index in [2.05, 4.69) is 0 Å². The topological polar surface area (TPSA) is 99.2 Å². The summed E-state index contributed by atoms with van der Waals surface area (Å²) < 4.78 is 15.7. The van der Waals surface area contributed by atoms with E-state index in [1.165, 1.54) is 0 Å². The Kier molecular flexibility index (Phi) is 8.36. The van der Waals surface area contributed by atoms with Crippen molar-refractivity contribution >= 4 is 24.4 Å². The SMILES string of the molecule is CC(C)(C)OC(=O)N(C(=O)OC(C)(C)C)[C@@H](CC=O)C(=O)OCc1ccccc1. The predicted molar refractivity (Wildman–Crippen MR) is 105 cm³/mol. The highest BCUT2D eigenvalue weighted by atomic mass is 16.6. The summed E-state index contributed by atoms with van der Waals surface area (Å²) in [5, 5.41) is 0. The molecule has 0 saturated heterocycles. The van der Waals surface area contributed by atoms with E-state index >= 15 is 0 Å². The molecule has 29 heavy (non-hydrogen) atoms. The largest absolute Gasteiger partial charge is 0.459 e. The summed E-state index contributed by atoms with van der Waals surface area (Å²) in [5.41, 5.74) is -1.15. The maximum absolute atomic E-state index is 12.7. The number of amides is 2. The average molecular weight is 407 g/mol. The monoisotopic (exact) mass is 407 g/mol. The van der Waals surface area contributed by atoms with E-state index in [4.69, 9.17) is 14.2 Å². The van der Waals surface area contributed by atoms with Crippen LogP contribution in [0.25, 0.3) is 0 Å². The molecule has 0 unspecified atom stereocenters. The molecule has 0 radical (unpaired) electrons. The van der Waals surface area contributed by atoms with Crippen molar-refractivity contribution in [3.05, 3.63) is 35.9 Å².